The molecule has 2 heterocycles. The number of aromatic nitrogens is 4. The second-order valence-electron chi connectivity index (χ2n) is 15.1. The summed E-state index contributed by atoms with van der Waals surface area (Å²) in [6.07, 6.45) is -1.33. The zero-order chi connectivity index (χ0) is 44.9. The molecular weight excluding hydrogens is 808 g/mol. The van der Waals surface area contributed by atoms with E-state index >= 15 is 0 Å². The van der Waals surface area contributed by atoms with Crippen molar-refractivity contribution >= 4 is 81.3 Å². The lowest BCUT2D eigenvalue weighted by atomic mass is 9.97. The van der Waals surface area contributed by atoms with E-state index in [0.29, 0.717) is 44.3 Å². The fraction of sp³-hybridized carbons (Fsp3) is 0.273. The van der Waals surface area contributed by atoms with Gasteiger partial charge in [0, 0.05) is 22.3 Å². The van der Waals surface area contributed by atoms with E-state index in [4.69, 9.17) is 16.3 Å². The van der Waals surface area contributed by atoms with Gasteiger partial charge in [-0.15, -0.1) is 0 Å². The molecule has 0 bridgehead atoms. The molecule has 0 aliphatic rings. The summed E-state index contributed by atoms with van der Waals surface area (Å²) < 4.78 is 20.6. The maximum Gasteiger partial charge on any atom is 0.413 e. The highest BCUT2D eigenvalue weighted by Crippen LogP contribution is 2.25. The monoisotopic (exact) mass is 854 g/mol. The number of esters is 2. The number of imidazole rings is 2. The number of methoxy groups -OCH3 is 2. The smallest absolute Gasteiger partial charge is 0.413 e. The van der Waals surface area contributed by atoms with Gasteiger partial charge < -0.3 is 23.9 Å². The van der Waals surface area contributed by atoms with Gasteiger partial charge in [0.25, 0.3) is 0 Å². The molecule has 0 spiro atoms. The van der Waals surface area contributed by atoms with Gasteiger partial charge in [0.15, 0.2) is 24.4 Å². The van der Waals surface area contributed by atoms with Crippen LogP contribution in [0.3, 0.4) is 0 Å². The number of benzene rings is 4. The van der Waals surface area contributed by atoms with Crippen molar-refractivity contribution in [2.75, 3.05) is 30.9 Å². The molecule has 0 aliphatic heterocycles. The van der Waals surface area contributed by atoms with Crippen molar-refractivity contribution in [1.82, 2.24) is 19.5 Å². The van der Waals surface area contributed by atoms with Crippen LogP contribution in [0.4, 0.5) is 21.5 Å². The van der Waals surface area contributed by atoms with E-state index in [2.05, 4.69) is 39.8 Å². The number of H-pyrrole nitrogens is 1. The Morgan fingerprint density at radius 1 is 0.623 bits per heavy atom. The zero-order valence-electron chi connectivity index (χ0n) is 35.0. The fourth-order valence-electron chi connectivity index (χ4n) is 5.12. The molecule has 0 fully saturated rings. The molecule has 2 aromatic heterocycles. The Balaban J connectivity index is 0.000000231. The van der Waals surface area contributed by atoms with Gasteiger partial charge in [0.1, 0.15) is 0 Å². The highest BCUT2D eigenvalue weighted by atomic mass is 35.5. The summed E-state index contributed by atoms with van der Waals surface area (Å²) in [5, 5.41) is 4.96. The van der Waals surface area contributed by atoms with Gasteiger partial charge in [-0.05, 0) is 77.9 Å². The number of amides is 2. The molecule has 0 aliphatic carbocycles. The third-order valence-electron chi connectivity index (χ3n) is 8.37. The van der Waals surface area contributed by atoms with Gasteiger partial charge in [-0.2, -0.15) is 0 Å². The van der Waals surface area contributed by atoms with E-state index in [9.17, 15) is 28.8 Å². The molecule has 6 rings (SSSR count). The lowest BCUT2D eigenvalue weighted by Crippen LogP contribution is -2.25. The first-order valence-electron chi connectivity index (χ1n) is 18.7. The number of aromatic amines is 1. The predicted octanol–water partition coefficient (Wildman–Crippen LogP) is 8.74. The number of fused-ring (bicyclic) bond motifs is 2. The Morgan fingerprint density at radius 3 is 1.64 bits per heavy atom. The van der Waals surface area contributed by atoms with Crippen molar-refractivity contribution in [1.29, 1.82) is 0 Å². The van der Waals surface area contributed by atoms with E-state index in [1.165, 1.54) is 18.8 Å². The SMILES string of the molecule is CC(C)(C)C(=O)OCCl.COC(=O)Nc1nc2cc(C(=O)c3ccccc3)ccc2n1COC(=O)C(C)(C)C.COC(=O)Nc1nc2ccc(C(=O)c3ccccc3)cc2[nH]1. The first-order chi connectivity index (χ1) is 28.9. The molecule has 16 nitrogen and oxygen atoms in total. The molecule has 17 heteroatoms. The van der Waals surface area contributed by atoms with Crippen molar-refractivity contribution in [3.8, 4) is 0 Å². The second kappa shape index (κ2) is 20.8. The van der Waals surface area contributed by atoms with Crippen LogP contribution in [0.5, 0.6) is 0 Å². The van der Waals surface area contributed by atoms with E-state index in [0.717, 1.165) is 0 Å². The van der Waals surface area contributed by atoms with Crippen LogP contribution in [-0.4, -0.2) is 75.5 Å². The maximum absolute atomic E-state index is 12.7. The topological polar surface area (TPSA) is 210 Å². The first kappa shape index (κ1) is 46.6. The summed E-state index contributed by atoms with van der Waals surface area (Å²) in [4.78, 5) is 82.5. The second-order valence-corrected chi connectivity index (χ2v) is 15.3. The lowest BCUT2D eigenvalue weighted by Gasteiger charge is -2.17. The molecule has 6 aromatic rings. The van der Waals surface area contributed by atoms with Gasteiger partial charge in [-0.1, -0.05) is 72.3 Å². The summed E-state index contributed by atoms with van der Waals surface area (Å²) >= 11 is 5.16. The van der Waals surface area contributed by atoms with Gasteiger partial charge in [-0.25, -0.2) is 19.6 Å². The quantitative estimate of drug-likeness (QED) is 0.0540. The molecule has 320 valence electrons. The van der Waals surface area contributed by atoms with Crippen LogP contribution in [-0.2, 0) is 35.3 Å². The largest absolute Gasteiger partial charge is 0.453 e. The molecule has 61 heavy (non-hydrogen) atoms. The molecule has 0 atom stereocenters. The summed E-state index contributed by atoms with van der Waals surface area (Å²) in [5.41, 5.74) is 3.43. The maximum atomic E-state index is 12.7. The minimum Gasteiger partial charge on any atom is -0.453 e. The Morgan fingerprint density at radius 2 is 1.13 bits per heavy atom. The molecule has 0 saturated heterocycles. The molecule has 0 radical (unpaired) electrons. The van der Waals surface area contributed by atoms with E-state index in [-0.39, 0.29) is 42.2 Å². The Hall–Kier alpha value is -7.07. The fourth-order valence-corrected chi connectivity index (χ4v) is 5.21. The minimum absolute atomic E-state index is 0.0594. The number of carbonyl (C=O) groups excluding carboxylic acids is 6. The third-order valence-corrected chi connectivity index (χ3v) is 8.48. The number of anilines is 2. The molecule has 0 unspecified atom stereocenters. The van der Waals surface area contributed by atoms with Gasteiger partial charge in [-0.3, -0.25) is 34.4 Å². The van der Waals surface area contributed by atoms with Crippen LogP contribution in [0.15, 0.2) is 97.1 Å². The van der Waals surface area contributed by atoms with Crippen LogP contribution in [0.1, 0.15) is 73.4 Å². The van der Waals surface area contributed by atoms with Gasteiger partial charge in [0.05, 0.1) is 47.1 Å². The standard InChI is InChI=1S/C22H23N3O5.C16H13N3O3.C6H11ClO2/c1-22(2,3)19(27)30-13-25-17-11-10-15(18(26)14-8-6-5-7-9-14)12-16(17)23-20(25)24-21(28)29-4;1-22-16(21)19-15-17-12-8-7-11(9-13(12)18-15)14(20)10-5-3-2-4-6-10;1-6(2,3)5(8)9-4-7/h5-12H,13H2,1-4H3,(H,23,24,28);2-9H,1H3,(H2,17,18,19,21);4H2,1-3H3. The average Bonchev–Trinajstić information content (AvgIpc) is 3.81. The molecule has 0 saturated carbocycles. The number of halogens is 1. The number of nitrogens with one attached hydrogen (secondary N) is 3. The van der Waals surface area contributed by atoms with E-state index in [1.807, 2.05) is 24.3 Å². The van der Waals surface area contributed by atoms with Crippen LogP contribution in [0.25, 0.3) is 22.1 Å². The molecule has 3 N–H and O–H groups in total. The van der Waals surface area contributed by atoms with Crippen LogP contribution >= 0.6 is 11.6 Å². The number of hydrogen-bond acceptors (Lipinski definition) is 12. The number of alkyl halides is 1. The van der Waals surface area contributed by atoms with Crippen LogP contribution in [0, 0.1) is 10.8 Å². The third kappa shape index (κ3) is 13.0. The number of carbonyl (C=O) groups is 6. The average molecular weight is 855 g/mol. The Kier molecular flexibility index (Phi) is 15.9. The van der Waals surface area contributed by atoms with Crippen molar-refractivity contribution in [3.05, 3.63) is 119 Å². The number of ketones is 2. The van der Waals surface area contributed by atoms with E-state index < -0.39 is 29.0 Å². The summed E-state index contributed by atoms with van der Waals surface area (Å²) in [6, 6.07) is 28.0. The summed E-state index contributed by atoms with van der Waals surface area (Å²) in [7, 11) is 2.51. The van der Waals surface area contributed by atoms with Crippen molar-refractivity contribution in [2.45, 2.75) is 48.3 Å². The number of hydrogen-bond donors (Lipinski definition) is 3. The normalized spacial score (nSPS) is 10.9. The zero-order valence-corrected chi connectivity index (χ0v) is 35.7. The molecule has 2 amide bonds. The first-order valence-corrected chi connectivity index (χ1v) is 19.2. The Bertz CT molecular complexity index is 2510. The summed E-state index contributed by atoms with van der Waals surface area (Å²) in [5.74, 6) is -0.468. The van der Waals surface area contributed by atoms with Crippen LogP contribution < -0.4 is 10.6 Å². The van der Waals surface area contributed by atoms with Gasteiger partial charge >= 0.3 is 24.1 Å². The number of ether oxygens (including phenoxy) is 4. The highest BCUT2D eigenvalue weighted by Gasteiger charge is 2.25. The Labute approximate surface area is 356 Å². The highest BCUT2D eigenvalue weighted by molar-refractivity contribution is 6.17. The number of nitrogens with zero attached hydrogens (tertiary/aromatic N) is 3. The number of rotatable bonds is 9. The van der Waals surface area contributed by atoms with E-state index in [1.54, 1.807) is 114 Å². The van der Waals surface area contributed by atoms with Crippen LogP contribution in [0.2, 0.25) is 0 Å². The molecule has 4 aromatic carbocycles. The van der Waals surface area contributed by atoms with Crippen molar-refractivity contribution in [2.24, 2.45) is 10.8 Å². The minimum atomic E-state index is -0.714. The lowest BCUT2D eigenvalue weighted by molar-refractivity contribution is -0.156. The van der Waals surface area contributed by atoms with Gasteiger partial charge in [0.2, 0.25) is 11.9 Å². The predicted molar refractivity (Wildman–Crippen MR) is 229 cm³/mol. The van der Waals surface area contributed by atoms with Crippen molar-refractivity contribution < 1.29 is 47.7 Å². The summed E-state index contributed by atoms with van der Waals surface area (Å²) in [6.45, 7) is 10.4. The van der Waals surface area contributed by atoms with Crippen molar-refractivity contribution in [3.63, 3.8) is 0 Å². The molecular formula is C44H47ClN6O10.